The van der Waals surface area contributed by atoms with E-state index < -0.39 is 5.97 Å². The normalized spacial score (nSPS) is 10.3. The first-order valence-electron chi connectivity index (χ1n) is 6.85. The summed E-state index contributed by atoms with van der Waals surface area (Å²) >= 11 is 11.8. The number of esters is 1. The zero-order chi connectivity index (χ0) is 15.8. The summed E-state index contributed by atoms with van der Waals surface area (Å²) in [6, 6.07) is 5.07. The predicted molar refractivity (Wildman–Crippen MR) is 83.7 cm³/mol. The molecule has 0 saturated heterocycles. The molecule has 0 bridgehead atoms. The standard InChI is InChI=1S/C15H19Cl2NO3/c1-3-7-18(10-15(20)21-4-2)14(19)9-11-5-6-12(16)13(17)8-11/h5-6,8H,3-4,7,9-10H2,1-2H3. The fourth-order valence-corrected chi connectivity index (χ4v) is 2.18. The number of hydrogen-bond donors (Lipinski definition) is 0. The summed E-state index contributed by atoms with van der Waals surface area (Å²) in [7, 11) is 0. The zero-order valence-electron chi connectivity index (χ0n) is 12.2. The van der Waals surface area contributed by atoms with Crippen molar-refractivity contribution in [1.82, 2.24) is 4.90 Å². The van der Waals surface area contributed by atoms with Crippen LogP contribution in [0.4, 0.5) is 0 Å². The molecule has 0 aromatic heterocycles. The minimum Gasteiger partial charge on any atom is -0.465 e. The molecular weight excluding hydrogens is 313 g/mol. The predicted octanol–water partition coefficient (Wildman–Crippen LogP) is 3.34. The summed E-state index contributed by atoms with van der Waals surface area (Å²) in [4.78, 5) is 25.3. The molecule has 0 atom stereocenters. The monoisotopic (exact) mass is 331 g/mol. The van der Waals surface area contributed by atoms with Gasteiger partial charge in [0, 0.05) is 6.54 Å². The maximum atomic E-state index is 12.3. The molecule has 116 valence electrons. The second kappa shape index (κ2) is 8.90. The highest BCUT2D eigenvalue weighted by molar-refractivity contribution is 6.42. The molecule has 0 radical (unpaired) electrons. The van der Waals surface area contributed by atoms with Crippen LogP contribution in [0.25, 0.3) is 0 Å². The van der Waals surface area contributed by atoms with Crippen LogP contribution in [-0.4, -0.2) is 36.5 Å². The van der Waals surface area contributed by atoms with Crippen molar-refractivity contribution in [1.29, 1.82) is 0 Å². The van der Waals surface area contributed by atoms with Crippen molar-refractivity contribution in [2.24, 2.45) is 0 Å². The summed E-state index contributed by atoms with van der Waals surface area (Å²) in [5, 5.41) is 0.860. The van der Waals surface area contributed by atoms with Crippen LogP contribution in [0.3, 0.4) is 0 Å². The molecule has 4 nitrogen and oxygen atoms in total. The number of carbonyl (C=O) groups excluding carboxylic acids is 2. The highest BCUT2D eigenvalue weighted by Gasteiger charge is 2.17. The van der Waals surface area contributed by atoms with Crippen LogP contribution in [0.15, 0.2) is 18.2 Å². The summed E-state index contributed by atoms with van der Waals surface area (Å²) in [6.07, 6.45) is 0.947. The van der Waals surface area contributed by atoms with Crippen LogP contribution in [0.1, 0.15) is 25.8 Å². The van der Waals surface area contributed by atoms with Gasteiger partial charge < -0.3 is 9.64 Å². The van der Waals surface area contributed by atoms with Gasteiger partial charge in [0.1, 0.15) is 6.54 Å². The molecule has 1 aromatic carbocycles. The van der Waals surface area contributed by atoms with Gasteiger partial charge in [-0.05, 0) is 31.0 Å². The van der Waals surface area contributed by atoms with Gasteiger partial charge in [-0.15, -0.1) is 0 Å². The Morgan fingerprint density at radius 2 is 1.90 bits per heavy atom. The molecule has 0 spiro atoms. The Morgan fingerprint density at radius 1 is 1.19 bits per heavy atom. The van der Waals surface area contributed by atoms with Gasteiger partial charge in [-0.2, -0.15) is 0 Å². The molecule has 0 aliphatic rings. The SMILES string of the molecule is CCCN(CC(=O)OCC)C(=O)Cc1ccc(Cl)c(Cl)c1. The van der Waals surface area contributed by atoms with Crippen molar-refractivity contribution in [2.75, 3.05) is 19.7 Å². The lowest BCUT2D eigenvalue weighted by molar-refractivity contribution is -0.148. The maximum Gasteiger partial charge on any atom is 0.325 e. The van der Waals surface area contributed by atoms with Gasteiger partial charge in [0.25, 0.3) is 0 Å². The van der Waals surface area contributed by atoms with Crippen LogP contribution < -0.4 is 0 Å². The zero-order valence-corrected chi connectivity index (χ0v) is 13.7. The first kappa shape index (κ1) is 17.8. The van der Waals surface area contributed by atoms with E-state index in [0.717, 1.165) is 12.0 Å². The Labute approximate surface area is 135 Å². The van der Waals surface area contributed by atoms with E-state index in [1.807, 2.05) is 6.92 Å². The average molecular weight is 332 g/mol. The number of nitrogens with zero attached hydrogens (tertiary/aromatic N) is 1. The molecule has 1 amide bonds. The summed E-state index contributed by atoms with van der Waals surface area (Å²) in [6.45, 7) is 4.48. The fraction of sp³-hybridized carbons (Fsp3) is 0.467. The maximum absolute atomic E-state index is 12.3. The Kier molecular flexibility index (Phi) is 7.54. The van der Waals surface area contributed by atoms with Crippen LogP contribution in [0.5, 0.6) is 0 Å². The van der Waals surface area contributed by atoms with Crippen molar-refractivity contribution in [3.63, 3.8) is 0 Å². The molecule has 0 aliphatic carbocycles. The fourth-order valence-electron chi connectivity index (χ4n) is 1.86. The molecule has 0 saturated carbocycles. The number of rotatable bonds is 7. The molecule has 6 heteroatoms. The molecule has 0 fully saturated rings. The number of ether oxygens (including phenoxy) is 1. The summed E-state index contributed by atoms with van der Waals surface area (Å²) in [5.74, 6) is -0.531. The van der Waals surface area contributed by atoms with Crippen molar-refractivity contribution >= 4 is 35.1 Å². The largest absolute Gasteiger partial charge is 0.465 e. The van der Waals surface area contributed by atoms with Gasteiger partial charge in [0.2, 0.25) is 5.91 Å². The number of carbonyl (C=O) groups is 2. The number of benzene rings is 1. The minimum atomic E-state index is -0.395. The molecule has 0 heterocycles. The van der Waals surface area contributed by atoms with Crippen LogP contribution in [0, 0.1) is 0 Å². The van der Waals surface area contributed by atoms with Gasteiger partial charge in [-0.25, -0.2) is 0 Å². The molecule has 0 unspecified atom stereocenters. The third-order valence-corrected chi connectivity index (χ3v) is 3.55. The topological polar surface area (TPSA) is 46.6 Å². The van der Waals surface area contributed by atoms with Gasteiger partial charge in [-0.3, -0.25) is 9.59 Å². The van der Waals surface area contributed by atoms with E-state index in [2.05, 4.69) is 0 Å². The van der Waals surface area contributed by atoms with Crippen molar-refractivity contribution < 1.29 is 14.3 Å². The minimum absolute atomic E-state index is 0.0260. The smallest absolute Gasteiger partial charge is 0.325 e. The Hall–Kier alpha value is -1.26. The van der Waals surface area contributed by atoms with Gasteiger partial charge in [-0.1, -0.05) is 36.2 Å². The Bertz CT molecular complexity index is 506. The van der Waals surface area contributed by atoms with Gasteiger partial charge >= 0.3 is 5.97 Å². The summed E-state index contributed by atoms with van der Waals surface area (Å²) in [5.41, 5.74) is 0.763. The lowest BCUT2D eigenvalue weighted by atomic mass is 10.1. The third kappa shape index (κ3) is 5.94. The number of halogens is 2. The molecule has 21 heavy (non-hydrogen) atoms. The van der Waals surface area contributed by atoms with E-state index in [9.17, 15) is 9.59 Å². The van der Waals surface area contributed by atoms with E-state index in [1.165, 1.54) is 4.90 Å². The van der Waals surface area contributed by atoms with E-state index in [4.69, 9.17) is 27.9 Å². The molecule has 0 N–H and O–H groups in total. The molecule has 1 aromatic rings. The highest BCUT2D eigenvalue weighted by atomic mass is 35.5. The molecule has 1 rings (SSSR count). The van der Waals surface area contributed by atoms with Gasteiger partial charge in [0.15, 0.2) is 0 Å². The number of hydrogen-bond acceptors (Lipinski definition) is 3. The third-order valence-electron chi connectivity index (χ3n) is 2.81. The van der Waals surface area contributed by atoms with Crippen molar-refractivity contribution in [3.05, 3.63) is 33.8 Å². The van der Waals surface area contributed by atoms with Crippen molar-refractivity contribution in [2.45, 2.75) is 26.7 Å². The Balaban J connectivity index is 2.71. The van der Waals surface area contributed by atoms with Crippen molar-refractivity contribution in [3.8, 4) is 0 Å². The number of amides is 1. The van der Waals surface area contributed by atoms with E-state index >= 15 is 0 Å². The average Bonchev–Trinajstić information content (AvgIpc) is 2.42. The lowest BCUT2D eigenvalue weighted by Gasteiger charge is -2.21. The van der Waals surface area contributed by atoms with Crippen LogP contribution in [0.2, 0.25) is 10.0 Å². The van der Waals surface area contributed by atoms with E-state index in [1.54, 1.807) is 25.1 Å². The second-order valence-corrected chi connectivity index (χ2v) is 5.36. The first-order chi connectivity index (χ1) is 9.97. The van der Waals surface area contributed by atoms with Crippen LogP contribution >= 0.6 is 23.2 Å². The lowest BCUT2D eigenvalue weighted by Crippen LogP contribution is -2.38. The van der Waals surface area contributed by atoms with Gasteiger partial charge in [0.05, 0.1) is 23.1 Å². The quantitative estimate of drug-likeness (QED) is 0.720. The Morgan fingerprint density at radius 3 is 2.48 bits per heavy atom. The molecular formula is C15H19Cl2NO3. The van der Waals surface area contributed by atoms with E-state index in [-0.39, 0.29) is 18.9 Å². The van der Waals surface area contributed by atoms with E-state index in [0.29, 0.717) is 23.2 Å². The summed E-state index contributed by atoms with van der Waals surface area (Å²) < 4.78 is 4.88. The van der Waals surface area contributed by atoms with Crippen LogP contribution in [-0.2, 0) is 20.7 Å². The molecule has 0 aliphatic heterocycles. The highest BCUT2D eigenvalue weighted by Crippen LogP contribution is 2.23. The first-order valence-corrected chi connectivity index (χ1v) is 7.60. The second-order valence-electron chi connectivity index (χ2n) is 4.55.